The van der Waals surface area contributed by atoms with Gasteiger partial charge in [-0.1, -0.05) is 54.7 Å². The Labute approximate surface area is 225 Å². The van der Waals surface area contributed by atoms with E-state index in [9.17, 15) is 9.59 Å². The summed E-state index contributed by atoms with van der Waals surface area (Å²) < 4.78 is 15.5. The average molecular weight is 530 g/mol. The summed E-state index contributed by atoms with van der Waals surface area (Å²) in [7, 11) is 1.34. The summed E-state index contributed by atoms with van der Waals surface area (Å²) in [5.74, 6) is 0.112. The van der Waals surface area contributed by atoms with E-state index in [4.69, 9.17) is 9.47 Å². The fourth-order valence-corrected chi connectivity index (χ4v) is 5.99. The van der Waals surface area contributed by atoms with E-state index in [-0.39, 0.29) is 11.6 Å². The predicted octanol–water partition coefficient (Wildman–Crippen LogP) is 4.73. The maximum atomic E-state index is 14.0. The van der Waals surface area contributed by atoms with Gasteiger partial charge < -0.3 is 14.0 Å². The van der Waals surface area contributed by atoms with Crippen LogP contribution in [0.25, 0.3) is 17.0 Å². The molecule has 0 aliphatic carbocycles. The molecule has 38 heavy (non-hydrogen) atoms. The van der Waals surface area contributed by atoms with E-state index in [1.54, 1.807) is 11.5 Å². The molecule has 0 spiro atoms. The molecule has 0 unspecified atom stereocenters. The Bertz CT molecular complexity index is 1740. The third-order valence-electron chi connectivity index (χ3n) is 6.72. The number of fused-ring (bicyclic) bond motifs is 2. The Morgan fingerprint density at radius 3 is 2.63 bits per heavy atom. The second-order valence-corrected chi connectivity index (χ2v) is 10.6. The van der Waals surface area contributed by atoms with Gasteiger partial charge in [0.2, 0.25) is 0 Å². The molecule has 0 fully saturated rings. The summed E-state index contributed by atoms with van der Waals surface area (Å²) in [6, 6.07) is 15.3. The van der Waals surface area contributed by atoms with Crippen molar-refractivity contribution in [3.05, 3.63) is 96.8 Å². The Morgan fingerprint density at radius 1 is 1.16 bits per heavy atom. The molecule has 196 valence electrons. The quantitative estimate of drug-likeness (QED) is 0.325. The molecule has 0 N–H and O–H groups in total. The highest BCUT2D eigenvalue weighted by atomic mass is 32.1. The summed E-state index contributed by atoms with van der Waals surface area (Å²) in [5.41, 5.74) is 3.45. The first-order chi connectivity index (χ1) is 18.3. The van der Waals surface area contributed by atoms with Crippen molar-refractivity contribution in [1.29, 1.82) is 0 Å². The van der Waals surface area contributed by atoms with E-state index in [0.717, 1.165) is 28.5 Å². The number of hydrogen-bond acceptors (Lipinski definition) is 6. The van der Waals surface area contributed by atoms with Crippen LogP contribution in [-0.4, -0.2) is 28.8 Å². The summed E-state index contributed by atoms with van der Waals surface area (Å²) >= 11 is 1.32. The van der Waals surface area contributed by atoms with Crippen molar-refractivity contribution in [2.24, 2.45) is 4.99 Å². The van der Waals surface area contributed by atoms with Crippen LogP contribution in [0, 0.1) is 0 Å². The monoisotopic (exact) mass is 529 g/mol. The van der Waals surface area contributed by atoms with Gasteiger partial charge in [0.15, 0.2) is 4.80 Å². The van der Waals surface area contributed by atoms with Gasteiger partial charge in [-0.2, -0.15) is 0 Å². The first kappa shape index (κ1) is 25.7. The minimum Gasteiger partial charge on any atom is -0.493 e. The van der Waals surface area contributed by atoms with Gasteiger partial charge in [-0.3, -0.25) is 9.36 Å². The van der Waals surface area contributed by atoms with Gasteiger partial charge in [-0.05, 0) is 45.4 Å². The maximum Gasteiger partial charge on any atom is 0.338 e. The lowest BCUT2D eigenvalue weighted by Gasteiger charge is -2.26. The van der Waals surface area contributed by atoms with E-state index in [0.29, 0.717) is 33.0 Å². The predicted molar refractivity (Wildman–Crippen MR) is 150 cm³/mol. The van der Waals surface area contributed by atoms with Crippen LogP contribution in [0.1, 0.15) is 57.3 Å². The standard InChI is InChI=1S/C30H31N3O4S/c1-6-15-37-24-14-10-8-12-22(24)27-26(29(35)36-5)19(4)31-30-33(27)28(34)25(38-30)16-20-17-32(18(2)3)23-13-9-7-11-21(20)23/h7-14,16-18,27H,6,15H2,1-5H3/b25-16+/t27-/m1/s1. The number of thiazole rings is 1. The van der Waals surface area contributed by atoms with E-state index < -0.39 is 12.0 Å². The average Bonchev–Trinajstić information content (AvgIpc) is 3.44. The molecule has 2 aromatic carbocycles. The number of nitrogens with zero attached hydrogens (tertiary/aromatic N) is 3. The number of aromatic nitrogens is 2. The lowest BCUT2D eigenvalue weighted by molar-refractivity contribution is -0.136. The van der Waals surface area contributed by atoms with Gasteiger partial charge in [0.05, 0.1) is 29.5 Å². The van der Waals surface area contributed by atoms with Gasteiger partial charge >= 0.3 is 5.97 Å². The highest BCUT2D eigenvalue weighted by molar-refractivity contribution is 7.07. The van der Waals surface area contributed by atoms with Crippen molar-refractivity contribution in [3.63, 3.8) is 0 Å². The third kappa shape index (κ3) is 4.39. The van der Waals surface area contributed by atoms with E-state index in [1.165, 1.54) is 18.4 Å². The molecule has 3 heterocycles. The van der Waals surface area contributed by atoms with Crippen molar-refractivity contribution in [3.8, 4) is 5.75 Å². The maximum absolute atomic E-state index is 14.0. The summed E-state index contributed by atoms with van der Waals surface area (Å²) in [6.07, 6.45) is 4.85. The Hall–Kier alpha value is -3.91. The molecular formula is C30H31N3O4S. The number of carbonyl (C=O) groups excluding carboxylic acids is 1. The van der Waals surface area contributed by atoms with Gasteiger partial charge in [0, 0.05) is 34.3 Å². The van der Waals surface area contributed by atoms with Crippen molar-refractivity contribution in [2.45, 2.75) is 46.2 Å². The molecule has 0 amide bonds. The van der Waals surface area contributed by atoms with Crippen LogP contribution in [0.4, 0.5) is 0 Å². The van der Waals surface area contributed by atoms with Gasteiger partial charge in [0.25, 0.3) is 5.56 Å². The van der Waals surface area contributed by atoms with Crippen molar-refractivity contribution in [1.82, 2.24) is 9.13 Å². The molecule has 1 aliphatic heterocycles. The number of rotatable bonds is 7. The number of hydrogen-bond donors (Lipinski definition) is 0. The van der Waals surface area contributed by atoms with E-state index in [1.807, 2.05) is 49.4 Å². The first-order valence-corrected chi connectivity index (χ1v) is 13.6. The van der Waals surface area contributed by atoms with Crippen molar-refractivity contribution in [2.75, 3.05) is 13.7 Å². The molecule has 1 aliphatic rings. The topological polar surface area (TPSA) is 74.8 Å². The van der Waals surface area contributed by atoms with Crippen LogP contribution in [0.5, 0.6) is 5.75 Å². The van der Waals surface area contributed by atoms with E-state index in [2.05, 4.69) is 41.7 Å². The Morgan fingerprint density at radius 2 is 1.89 bits per heavy atom. The Balaban J connectivity index is 1.76. The highest BCUT2D eigenvalue weighted by Gasteiger charge is 2.34. The van der Waals surface area contributed by atoms with Crippen LogP contribution < -0.4 is 19.6 Å². The molecule has 0 saturated carbocycles. The lowest BCUT2D eigenvalue weighted by atomic mass is 9.95. The van der Waals surface area contributed by atoms with Crippen molar-refractivity contribution < 1.29 is 14.3 Å². The smallest absolute Gasteiger partial charge is 0.338 e. The minimum atomic E-state index is -0.717. The molecule has 0 saturated heterocycles. The van der Waals surface area contributed by atoms with Crippen LogP contribution in [0.2, 0.25) is 0 Å². The third-order valence-corrected chi connectivity index (χ3v) is 7.70. The van der Waals surface area contributed by atoms with E-state index >= 15 is 0 Å². The van der Waals surface area contributed by atoms with Gasteiger partial charge in [-0.25, -0.2) is 9.79 Å². The number of methoxy groups -OCH3 is 1. The second kappa shape index (κ2) is 10.5. The molecule has 2 aromatic heterocycles. The summed E-state index contributed by atoms with van der Waals surface area (Å²) in [6.45, 7) is 8.61. The first-order valence-electron chi connectivity index (χ1n) is 12.8. The number of ether oxygens (including phenoxy) is 2. The van der Waals surface area contributed by atoms with Crippen LogP contribution in [0.3, 0.4) is 0 Å². The number of para-hydroxylation sites is 2. The molecule has 7 nitrogen and oxygen atoms in total. The lowest BCUT2D eigenvalue weighted by Crippen LogP contribution is -2.40. The second-order valence-electron chi connectivity index (χ2n) is 9.56. The highest BCUT2D eigenvalue weighted by Crippen LogP contribution is 2.36. The number of carbonyl (C=O) groups is 1. The number of esters is 1. The van der Waals surface area contributed by atoms with Crippen molar-refractivity contribution >= 4 is 34.3 Å². The molecule has 0 bridgehead atoms. The van der Waals surface area contributed by atoms with Crippen LogP contribution in [-0.2, 0) is 9.53 Å². The fraction of sp³-hybridized carbons (Fsp3) is 0.300. The zero-order chi connectivity index (χ0) is 27.0. The molecular weight excluding hydrogens is 498 g/mol. The zero-order valence-electron chi connectivity index (χ0n) is 22.2. The van der Waals surface area contributed by atoms with Gasteiger partial charge in [-0.15, -0.1) is 0 Å². The number of allylic oxidation sites excluding steroid dienone is 1. The van der Waals surface area contributed by atoms with Crippen LogP contribution in [0.15, 0.2) is 75.8 Å². The summed E-state index contributed by atoms with van der Waals surface area (Å²) in [5, 5.41) is 1.08. The minimum absolute atomic E-state index is 0.209. The molecule has 5 rings (SSSR count). The zero-order valence-corrected chi connectivity index (χ0v) is 23.0. The largest absolute Gasteiger partial charge is 0.493 e. The number of benzene rings is 2. The summed E-state index contributed by atoms with van der Waals surface area (Å²) in [4.78, 5) is 32.3. The Kier molecular flexibility index (Phi) is 7.08. The van der Waals surface area contributed by atoms with Gasteiger partial charge in [0.1, 0.15) is 11.8 Å². The van der Waals surface area contributed by atoms with Crippen LogP contribution >= 0.6 is 11.3 Å². The molecule has 8 heteroatoms. The molecule has 0 radical (unpaired) electrons. The SMILES string of the molecule is CCCOc1ccccc1[C@@H]1C(C(=O)OC)=C(C)N=c2s/c(=C/c3cn(C(C)C)c4ccccc34)c(=O)n21. The molecule has 4 aromatic rings. The normalized spacial score (nSPS) is 15.6. The molecule has 1 atom stereocenters. The fourth-order valence-electron chi connectivity index (χ4n) is 4.95.